The van der Waals surface area contributed by atoms with E-state index in [9.17, 15) is 9.59 Å². The molecule has 3 aliphatic rings. The molecule has 5 rings (SSSR count). The number of nitrogens with one attached hydrogen (secondary N) is 2. The van der Waals surface area contributed by atoms with Gasteiger partial charge in [0.05, 0.1) is 17.1 Å². The summed E-state index contributed by atoms with van der Waals surface area (Å²) < 4.78 is 1.88. The molecule has 3 unspecified atom stereocenters. The van der Waals surface area contributed by atoms with Crippen LogP contribution in [0, 0.1) is 6.92 Å². The second kappa shape index (κ2) is 6.58. The number of aromatic nitrogens is 2. The Morgan fingerprint density at radius 1 is 1.11 bits per heavy atom. The van der Waals surface area contributed by atoms with Crippen LogP contribution < -0.4 is 15.5 Å². The van der Waals surface area contributed by atoms with E-state index >= 15 is 0 Å². The first-order valence-corrected chi connectivity index (χ1v) is 10.3. The predicted molar refractivity (Wildman–Crippen MR) is 107 cm³/mol. The van der Waals surface area contributed by atoms with Crippen molar-refractivity contribution >= 4 is 28.4 Å². The third kappa shape index (κ3) is 2.89. The molecule has 2 amide bonds. The maximum Gasteiger partial charge on any atom is 0.235 e. The summed E-state index contributed by atoms with van der Waals surface area (Å²) in [5.74, 6) is -0.776. The van der Waals surface area contributed by atoms with E-state index in [0.29, 0.717) is 24.9 Å². The van der Waals surface area contributed by atoms with Crippen molar-refractivity contribution < 1.29 is 9.59 Å². The van der Waals surface area contributed by atoms with Crippen molar-refractivity contribution in [1.29, 1.82) is 0 Å². The van der Waals surface area contributed by atoms with Gasteiger partial charge in [-0.05, 0) is 43.9 Å². The van der Waals surface area contributed by atoms with Gasteiger partial charge in [0.2, 0.25) is 11.8 Å². The summed E-state index contributed by atoms with van der Waals surface area (Å²) in [4.78, 5) is 26.4. The van der Waals surface area contributed by atoms with Crippen molar-refractivity contribution in [3.05, 3.63) is 23.4 Å². The van der Waals surface area contributed by atoms with Gasteiger partial charge < -0.3 is 10.2 Å². The van der Waals surface area contributed by atoms with Crippen molar-refractivity contribution in [2.75, 3.05) is 18.0 Å². The minimum absolute atomic E-state index is 0.191. The number of imide groups is 1. The molecule has 7 heteroatoms. The van der Waals surface area contributed by atoms with Crippen LogP contribution in [0.3, 0.4) is 0 Å². The summed E-state index contributed by atoms with van der Waals surface area (Å²) in [5, 5.41) is 11.9. The number of carbonyl (C=O) groups excluding carboxylic acids is 2. The third-order valence-electron chi connectivity index (χ3n) is 6.56. The van der Waals surface area contributed by atoms with E-state index in [1.807, 2.05) is 11.7 Å². The average Bonchev–Trinajstić information content (AvgIpc) is 2.96. The van der Waals surface area contributed by atoms with Gasteiger partial charge in [-0.1, -0.05) is 6.42 Å². The van der Waals surface area contributed by atoms with E-state index in [1.54, 1.807) is 0 Å². The molecule has 28 heavy (non-hydrogen) atoms. The number of nitrogens with zero attached hydrogens (tertiary/aromatic N) is 3. The topological polar surface area (TPSA) is 79.3 Å². The monoisotopic (exact) mass is 381 g/mol. The van der Waals surface area contributed by atoms with Crippen LogP contribution in [-0.2, 0) is 16.6 Å². The largest absolute Gasteiger partial charge is 0.368 e. The van der Waals surface area contributed by atoms with Crippen molar-refractivity contribution in [2.24, 2.45) is 7.05 Å². The molecule has 1 aromatic carbocycles. The van der Waals surface area contributed by atoms with E-state index in [4.69, 9.17) is 0 Å². The highest BCUT2D eigenvalue weighted by Gasteiger charge is 2.33. The van der Waals surface area contributed by atoms with Crippen LogP contribution in [0.1, 0.15) is 49.3 Å². The number of amides is 2. The molecule has 1 aromatic heterocycles. The Bertz CT molecular complexity index is 953. The molecule has 0 saturated carbocycles. The van der Waals surface area contributed by atoms with Gasteiger partial charge in [0.1, 0.15) is 0 Å². The Kier molecular flexibility index (Phi) is 4.16. The molecule has 0 spiro atoms. The van der Waals surface area contributed by atoms with E-state index < -0.39 is 0 Å². The molecule has 3 fully saturated rings. The van der Waals surface area contributed by atoms with Gasteiger partial charge in [-0.2, -0.15) is 5.10 Å². The summed E-state index contributed by atoms with van der Waals surface area (Å²) in [6.07, 6.45) is 4.72. The Labute approximate surface area is 164 Å². The molecule has 3 saturated heterocycles. The second-order valence-electron chi connectivity index (χ2n) is 8.56. The minimum Gasteiger partial charge on any atom is -0.368 e. The molecule has 0 radical (unpaired) electrons. The molecular weight excluding hydrogens is 354 g/mol. The highest BCUT2D eigenvalue weighted by atomic mass is 16.2. The predicted octanol–water partition coefficient (Wildman–Crippen LogP) is 1.73. The SMILES string of the molecule is Cc1cc2c(C3CCC(=O)NC3=O)nn(C)c2cc1N1CC2CCCC(C1)N2. The van der Waals surface area contributed by atoms with Crippen molar-refractivity contribution in [1.82, 2.24) is 20.4 Å². The first-order chi connectivity index (χ1) is 13.5. The van der Waals surface area contributed by atoms with Gasteiger partial charge in [-0.25, -0.2) is 0 Å². The van der Waals surface area contributed by atoms with Gasteiger partial charge >= 0.3 is 0 Å². The lowest BCUT2D eigenvalue weighted by Gasteiger charge is -2.44. The summed E-state index contributed by atoms with van der Waals surface area (Å²) >= 11 is 0. The zero-order valence-electron chi connectivity index (χ0n) is 16.5. The number of piperidine rings is 2. The zero-order valence-corrected chi connectivity index (χ0v) is 16.5. The van der Waals surface area contributed by atoms with E-state index in [1.165, 1.54) is 30.5 Å². The van der Waals surface area contributed by atoms with Crippen LogP contribution in [0.4, 0.5) is 5.69 Å². The number of anilines is 1. The first kappa shape index (κ1) is 17.7. The number of carbonyl (C=O) groups is 2. The Balaban J connectivity index is 1.52. The number of fused-ring (bicyclic) bond motifs is 3. The van der Waals surface area contributed by atoms with E-state index in [0.717, 1.165) is 29.7 Å². The molecular formula is C21H27N5O2. The molecule has 7 nitrogen and oxygen atoms in total. The van der Waals surface area contributed by atoms with Crippen LogP contribution in [0.2, 0.25) is 0 Å². The molecule has 2 bridgehead atoms. The fourth-order valence-corrected chi connectivity index (χ4v) is 5.18. The van der Waals surface area contributed by atoms with Gasteiger partial charge in [0.15, 0.2) is 0 Å². The lowest BCUT2D eigenvalue weighted by molar-refractivity contribution is -0.134. The van der Waals surface area contributed by atoms with Crippen LogP contribution >= 0.6 is 0 Å². The number of hydrogen-bond acceptors (Lipinski definition) is 5. The number of benzene rings is 1. The fraction of sp³-hybridized carbons (Fsp3) is 0.571. The zero-order chi connectivity index (χ0) is 19.4. The van der Waals surface area contributed by atoms with Crippen LogP contribution in [-0.4, -0.2) is 46.8 Å². The van der Waals surface area contributed by atoms with Gasteiger partial charge in [-0.15, -0.1) is 0 Å². The van der Waals surface area contributed by atoms with E-state index in [2.05, 4.69) is 39.7 Å². The normalized spacial score (nSPS) is 27.9. The van der Waals surface area contributed by atoms with Crippen LogP contribution in [0.15, 0.2) is 12.1 Å². The van der Waals surface area contributed by atoms with Crippen molar-refractivity contribution in [2.45, 2.75) is 57.0 Å². The molecule has 2 N–H and O–H groups in total. The van der Waals surface area contributed by atoms with Gasteiger partial charge in [-0.3, -0.25) is 19.6 Å². The van der Waals surface area contributed by atoms with Crippen molar-refractivity contribution in [3.63, 3.8) is 0 Å². The average molecular weight is 381 g/mol. The smallest absolute Gasteiger partial charge is 0.235 e. The molecule has 148 valence electrons. The fourth-order valence-electron chi connectivity index (χ4n) is 5.18. The number of hydrogen-bond donors (Lipinski definition) is 2. The van der Waals surface area contributed by atoms with Gasteiger partial charge in [0, 0.05) is 49.7 Å². The van der Waals surface area contributed by atoms with Crippen molar-refractivity contribution in [3.8, 4) is 0 Å². The molecule has 4 heterocycles. The summed E-state index contributed by atoms with van der Waals surface area (Å²) in [7, 11) is 1.93. The highest BCUT2D eigenvalue weighted by molar-refractivity contribution is 6.02. The Morgan fingerprint density at radius 3 is 2.57 bits per heavy atom. The molecule has 0 aliphatic carbocycles. The minimum atomic E-state index is -0.356. The first-order valence-electron chi connectivity index (χ1n) is 10.3. The lowest BCUT2D eigenvalue weighted by Crippen LogP contribution is -2.58. The number of aryl methyl sites for hydroxylation is 2. The summed E-state index contributed by atoms with van der Waals surface area (Å²) in [6, 6.07) is 5.56. The quantitative estimate of drug-likeness (QED) is 0.775. The summed E-state index contributed by atoms with van der Waals surface area (Å²) in [5.41, 5.74) is 4.32. The van der Waals surface area contributed by atoms with E-state index in [-0.39, 0.29) is 17.7 Å². The Morgan fingerprint density at radius 2 is 1.86 bits per heavy atom. The Hall–Kier alpha value is -2.41. The molecule has 3 aliphatic heterocycles. The van der Waals surface area contributed by atoms with Crippen LogP contribution in [0.5, 0.6) is 0 Å². The standard InChI is InChI=1S/C21H27N5O2/c1-12-8-16-18(9-17(12)26-10-13-4-3-5-14(11-26)22-13)25(2)24-20(16)15-6-7-19(27)23-21(15)28/h8-9,13-15,22H,3-7,10-11H2,1-2H3,(H,23,27,28). The second-order valence-corrected chi connectivity index (χ2v) is 8.56. The lowest BCUT2D eigenvalue weighted by atomic mass is 9.91. The molecule has 3 atom stereocenters. The maximum absolute atomic E-state index is 12.4. The van der Waals surface area contributed by atoms with Crippen LogP contribution in [0.25, 0.3) is 10.9 Å². The maximum atomic E-state index is 12.4. The summed E-state index contributed by atoms with van der Waals surface area (Å²) in [6.45, 7) is 4.23. The third-order valence-corrected chi connectivity index (χ3v) is 6.56. The van der Waals surface area contributed by atoms with Gasteiger partial charge in [0.25, 0.3) is 0 Å². The highest BCUT2D eigenvalue weighted by Crippen LogP contribution is 2.35. The molecule has 2 aromatic rings. The number of piperazine rings is 1. The number of rotatable bonds is 2.